The normalized spacial score (nSPS) is 13.9. The van der Waals surface area contributed by atoms with E-state index in [1.807, 2.05) is 26.1 Å². The number of piperidine rings is 1. The number of ether oxygens (including phenoxy) is 1. The molecule has 0 amide bonds. The Morgan fingerprint density at radius 1 is 0.944 bits per heavy atom. The molecule has 54 heavy (non-hydrogen) atoms. The number of nitrogens with one attached hydrogen (secondary N) is 3. The van der Waals surface area contributed by atoms with E-state index in [0.717, 1.165) is 53.9 Å². The van der Waals surface area contributed by atoms with Crippen LogP contribution >= 0.6 is 11.6 Å². The number of aromatic amines is 1. The summed E-state index contributed by atoms with van der Waals surface area (Å²) in [6.45, 7) is 6.09. The number of carboxylic acids is 3. The molecule has 1 atom stereocenters. The van der Waals surface area contributed by atoms with E-state index in [2.05, 4.69) is 46.5 Å². The largest absolute Gasteiger partial charge is 0.496 e. The number of fused-ring (bicyclic) bond motifs is 1. The molecule has 0 bridgehead atoms. The molecule has 5 rings (SSSR count). The molecule has 1 unspecified atom stereocenters. The first-order valence-corrected chi connectivity index (χ1v) is 15.2. The van der Waals surface area contributed by atoms with Crippen LogP contribution in [0.15, 0.2) is 31.1 Å². The first-order chi connectivity index (χ1) is 24.9. The molecule has 0 spiro atoms. The maximum absolute atomic E-state index is 10.6. The van der Waals surface area contributed by atoms with Crippen LogP contribution in [-0.4, -0.2) is 102 Å². The van der Waals surface area contributed by atoms with Gasteiger partial charge in [0.1, 0.15) is 17.6 Å². The lowest BCUT2D eigenvalue weighted by Gasteiger charge is -2.23. The molecule has 1 saturated heterocycles. The summed E-state index contributed by atoms with van der Waals surface area (Å²) in [6.07, 6.45) is -5.98. The third-order valence-electron chi connectivity index (χ3n) is 7.05. The van der Waals surface area contributed by atoms with E-state index in [4.69, 9.17) is 46.0 Å². The van der Waals surface area contributed by atoms with Gasteiger partial charge >= 0.3 is 36.4 Å². The number of nitrogens with zero attached hydrogens (tertiary/aromatic N) is 5. The van der Waals surface area contributed by atoms with Gasteiger partial charge in [-0.3, -0.25) is 4.68 Å². The lowest BCUT2D eigenvalue weighted by Crippen LogP contribution is -2.29. The Bertz CT molecular complexity index is 1840. The molecule has 3 aromatic heterocycles. The molecule has 1 aliphatic rings. The number of hydrogen-bond acceptors (Lipinski definition) is 10. The van der Waals surface area contributed by atoms with E-state index in [0.29, 0.717) is 28.0 Å². The van der Waals surface area contributed by atoms with Crippen LogP contribution in [0, 0.1) is 6.92 Å². The lowest BCUT2D eigenvalue weighted by atomic mass is 9.95. The van der Waals surface area contributed by atoms with Crippen molar-refractivity contribution in [3.63, 3.8) is 0 Å². The molecular weight excluding hydrogens is 779 g/mol. The number of aliphatic carboxylic acids is 3. The number of hydrogen-bond donors (Lipinski definition) is 6. The Labute approximate surface area is 302 Å². The second-order valence-corrected chi connectivity index (χ2v) is 11.2. The second-order valence-electron chi connectivity index (χ2n) is 10.8. The summed E-state index contributed by atoms with van der Waals surface area (Å²) in [5.74, 6) is -6.85. The Kier molecular flexibility index (Phi) is 15.4. The maximum Gasteiger partial charge on any atom is 0.490 e. The summed E-state index contributed by atoms with van der Waals surface area (Å²) >= 11 is 6.72. The fraction of sp³-hybridized carbons (Fsp3) is 0.414. The smallest absolute Gasteiger partial charge is 0.490 e. The van der Waals surface area contributed by atoms with E-state index in [1.54, 1.807) is 13.4 Å². The van der Waals surface area contributed by atoms with Crippen LogP contribution in [0.4, 0.5) is 45.3 Å². The predicted octanol–water partition coefficient (Wildman–Crippen LogP) is 6.18. The van der Waals surface area contributed by atoms with Crippen molar-refractivity contribution in [1.29, 1.82) is 0 Å². The highest BCUT2D eigenvalue weighted by Crippen LogP contribution is 2.43. The van der Waals surface area contributed by atoms with Gasteiger partial charge in [0.2, 0.25) is 0 Å². The molecule has 1 fully saturated rings. The minimum absolute atomic E-state index is 0.147. The van der Waals surface area contributed by atoms with Gasteiger partial charge in [-0.25, -0.2) is 29.3 Å². The maximum atomic E-state index is 10.6. The lowest BCUT2D eigenvalue weighted by molar-refractivity contribution is -0.193. The first-order valence-electron chi connectivity index (χ1n) is 14.8. The third kappa shape index (κ3) is 12.6. The Hall–Kier alpha value is -5.39. The number of methoxy groups -OCH3 is 1. The van der Waals surface area contributed by atoms with E-state index in [-0.39, 0.29) is 6.04 Å². The average molecular weight is 809 g/mol. The number of alkyl halides is 9. The summed E-state index contributed by atoms with van der Waals surface area (Å²) < 4.78 is 103. The average Bonchev–Trinajstić information content (AvgIpc) is 3.77. The molecule has 1 aliphatic heterocycles. The van der Waals surface area contributed by atoms with Crippen LogP contribution in [-0.2, 0) is 14.4 Å². The first kappa shape index (κ1) is 44.8. The zero-order valence-corrected chi connectivity index (χ0v) is 28.6. The molecular formula is C29H30ClF9N8O7. The van der Waals surface area contributed by atoms with Crippen molar-refractivity contribution in [2.24, 2.45) is 0 Å². The van der Waals surface area contributed by atoms with Gasteiger partial charge in [-0.2, -0.15) is 44.6 Å². The van der Waals surface area contributed by atoms with Crippen molar-refractivity contribution in [2.75, 3.05) is 25.5 Å². The minimum Gasteiger partial charge on any atom is -0.496 e. The molecule has 4 heterocycles. The van der Waals surface area contributed by atoms with Crippen LogP contribution in [0.5, 0.6) is 5.75 Å². The van der Waals surface area contributed by atoms with E-state index in [1.165, 1.54) is 6.33 Å². The van der Waals surface area contributed by atoms with Gasteiger partial charge in [-0.15, -0.1) is 0 Å². The van der Waals surface area contributed by atoms with Gasteiger partial charge in [0.25, 0.3) is 0 Å². The van der Waals surface area contributed by atoms with Gasteiger partial charge in [0, 0.05) is 27.9 Å². The third-order valence-corrected chi connectivity index (χ3v) is 7.44. The highest BCUT2D eigenvalue weighted by atomic mass is 35.5. The highest BCUT2D eigenvalue weighted by Gasteiger charge is 2.39. The van der Waals surface area contributed by atoms with Gasteiger partial charge in [-0.1, -0.05) is 11.6 Å². The van der Waals surface area contributed by atoms with Crippen LogP contribution in [0.2, 0.25) is 5.02 Å². The topological polar surface area (TPSA) is 217 Å². The number of H-pyrrole nitrogens is 1. The molecule has 15 nitrogen and oxygen atoms in total. The van der Waals surface area contributed by atoms with E-state index >= 15 is 0 Å². The number of aromatic nitrogens is 6. The highest BCUT2D eigenvalue weighted by molar-refractivity contribution is 6.32. The summed E-state index contributed by atoms with van der Waals surface area (Å²) in [4.78, 5) is 42.6. The van der Waals surface area contributed by atoms with Crippen molar-refractivity contribution >= 4 is 46.5 Å². The Morgan fingerprint density at radius 2 is 1.46 bits per heavy atom. The monoisotopic (exact) mass is 808 g/mol. The Balaban J connectivity index is 0.000000393. The Morgan fingerprint density at radius 3 is 1.94 bits per heavy atom. The number of imidazole rings is 1. The van der Waals surface area contributed by atoms with Crippen molar-refractivity contribution in [2.45, 2.75) is 57.3 Å². The van der Waals surface area contributed by atoms with Crippen molar-refractivity contribution < 1.29 is 74.0 Å². The van der Waals surface area contributed by atoms with Gasteiger partial charge in [0.15, 0.2) is 11.5 Å². The van der Waals surface area contributed by atoms with Crippen molar-refractivity contribution in [3.05, 3.63) is 47.3 Å². The zero-order chi connectivity index (χ0) is 41.2. The summed E-state index contributed by atoms with van der Waals surface area (Å²) in [5, 5.41) is 33.6. The molecule has 4 aromatic rings. The summed E-state index contributed by atoms with van der Waals surface area (Å²) in [6, 6.07) is 2.21. The van der Waals surface area contributed by atoms with Crippen LogP contribution in [0.1, 0.15) is 43.0 Å². The predicted molar refractivity (Wildman–Crippen MR) is 170 cm³/mol. The zero-order valence-electron chi connectivity index (χ0n) is 27.9. The number of carboxylic acid groups (broad SMARTS) is 3. The fourth-order valence-corrected chi connectivity index (χ4v) is 4.74. The summed E-state index contributed by atoms with van der Waals surface area (Å²) in [7, 11) is 1.69. The van der Waals surface area contributed by atoms with E-state index in [9.17, 15) is 39.5 Å². The van der Waals surface area contributed by atoms with Crippen molar-refractivity contribution in [1.82, 2.24) is 35.0 Å². The number of benzene rings is 1. The van der Waals surface area contributed by atoms with Crippen LogP contribution < -0.4 is 15.4 Å². The van der Waals surface area contributed by atoms with E-state index < -0.39 is 36.4 Å². The molecule has 25 heteroatoms. The quantitative estimate of drug-likeness (QED) is 0.120. The standard InChI is InChI=1S/C23H27ClN8O.3C2HF3O2/c1-13-18(24)8-17(14(2)31-23-20-22(27-11-26-20)28-12-29-23)21(33-3)19(13)15-9-30-32(10-15)16-4-6-25-7-5-16;3*3-2(4,5)1(6)7/h8-12,14,16,25H,4-7H2,1-3H3,(H2,26,27,28,29,31);3*(H,6,7). The molecule has 1 aromatic carbocycles. The van der Waals surface area contributed by atoms with Gasteiger partial charge in [-0.05, 0) is 51.4 Å². The molecule has 6 N–H and O–H groups in total. The molecule has 0 radical (unpaired) electrons. The molecule has 298 valence electrons. The number of anilines is 1. The van der Waals surface area contributed by atoms with Gasteiger partial charge in [0.05, 0.1) is 31.7 Å². The number of carbonyl (C=O) groups is 3. The summed E-state index contributed by atoms with van der Waals surface area (Å²) in [5.41, 5.74) is 5.22. The van der Waals surface area contributed by atoms with Crippen molar-refractivity contribution in [3.8, 4) is 16.9 Å². The molecule has 0 aliphatic carbocycles. The SMILES string of the molecule is COc1c(C(C)Nc2ncnc3[nH]cnc23)cc(Cl)c(C)c1-c1cnn(C2CCNCC2)c1.O=C(O)C(F)(F)F.O=C(O)C(F)(F)F.O=C(O)C(F)(F)F. The van der Waals surface area contributed by atoms with Gasteiger partial charge < -0.3 is 35.7 Å². The van der Waals surface area contributed by atoms with Crippen LogP contribution in [0.3, 0.4) is 0 Å². The van der Waals surface area contributed by atoms with Crippen LogP contribution in [0.25, 0.3) is 22.3 Å². The molecule has 0 saturated carbocycles. The minimum atomic E-state index is -5.08. The number of halogens is 10. The second kappa shape index (κ2) is 18.6. The fourth-order valence-electron chi connectivity index (χ4n) is 4.52. The number of rotatable bonds is 6.